The molecule has 0 saturated carbocycles. The molecule has 1 N–H and O–H groups in total. The van der Waals surface area contributed by atoms with E-state index in [1.54, 1.807) is 30.3 Å². The maximum absolute atomic E-state index is 13.1. The smallest absolute Gasteiger partial charge is 0.329 e. The number of halogens is 3. The minimum Gasteiger partial charge on any atom is -0.488 e. The van der Waals surface area contributed by atoms with Crippen LogP contribution in [0.1, 0.15) is 16.7 Å². The van der Waals surface area contributed by atoms with Crippen molar-refractivity contribution in [2.24, 2.45) is 0 Å². The second kappa shape index (κ2) is 9.54. The number of ether oxygens (including phenoxy) is 1. The van der Waals surface area contributed by atoms with Crippen molar-refractivity contribution in [2.75, 3.05) is 0 Å². The Morgan fingerprint density at radius 2 is 1.69 bits per heavy atom. The van der Waals surface area contributed by atoms with Gasteiger partial charge in [-0.1, -0.05) is 51.8 Å². The zero-order valence-corrected chi connectivity index (χ0v) is 19.0. The molecule has 0 radical (unpaired) electrons. The van der Waals surface area contributed by atoms with Gasteiger partial charge in [-0.3, -0.25) is 9.69 Å². The fraction of sp³-hybridized carbons (Fsp3) is 0.0833. The van der Waals surface area contributed by atoms with Crippen molar-refractivity contribution < 1.29 is 18.7 Å². The molecule has 1 aliphatic rings. The lowest BCUT2D eigenvalue weighted by atomic mass is 10.1. The molecule has 4 rings (SSSR count). The number of rotatable bonds is 6. The van der Waals surface area contributed by atoms with Gasteiger partial charge in [-0.2, -0.15) is 0 Å². The highest BCUT2D eigenvalue weighted by molar-refractivity contribution is 9.10. The first-order valence-electron chi connectivity index (χ1n) is 9.65. The zero-order valence-electron chi connectivity index (χ0n) is 16.6. The van der Waals surface area contributed by atoms with Gasteiger partial charge >= 0.3 is 6.03 Å². The van der Waals surface area contributed by atoms with E-state index in [-0.39, 0.29) is 18.1 Å². The number of carbonyl (C=O) groups is 2. The molecule has 1 saturated heterocycles. The molecule has 32 heavy (non-hydrogen) atoms. The van der Waals surface area contributed by atoms with Crippen LogP contribution in [0.2, 0.25) is 5.02 Å². The summed E-state index contributed by atoms with van der Waals surface area (Å²) in [4.78, 5) is 26.3. The van der Waals surface area contributed by atoms with Crippen molar-refractivity contribution in [1.82, 2.24) is 10.2 Å². The van der Waals surface area contributed by atoms with E-state index in [1.165, 1.54) is 24.3 Å². The van der Waals surface area contributed by atoms with Crippen LogP contribution in [0.3, 0.4) is 0 Å². The summed E-state index contributed by atoms with van der Waals surface area (Å²) in [6.45, 7) is 0.354. The van der Waals surface area contributed by atoms with Gasteiger partial charge in [-0.25, -0.2) is 9.18 Å². The predicted octanol–water partition coefficient (Wildman–Crippen LogP) is 5.91. The number of hydrogen-bond donors (Lipinski definition) is 1. The third-order valence-corrected chi connectivity index (χ3v) is 5.54. The van der Waals surface area contributed by atoms with Gasteiger partial charge < -0.3 is 10.1 Å². The van der Waals surface area contributed by atoms with Gasteiger partial charge in [0.1, 0.15) is 23.9 Å². The molecule has 0 spiro atoms. The van der Waals surface area contributed by atoms with Gasteiger partial charge in [0, 0.05) is 15.1 Å². The van der Waals surface area contributed by atoms with Crippen molar-refractivity contribution in [3.63, 3.8) is 0 Å². The Bertz CT molecular complexity index is 1200. The first kappa shape index (κ1) is 22.0. The molecule has 1 aliphatic heterocycles. The van der Waals surface area contributed by atoms with E-state index in [9.17, 15) is 14.0 Å². The van der Waals surface area contributed by atoms with Crippen LogP contribution >= 0.6 is 27.5 Å². The molecule has 1 fully saturated rings. The maximum Gasteiger partial charge on any atom is 0.329 e. The molecular weight excluding hydrogens is 499 g/mol. The molecule has 0 unspecified atom stereocenters. The molecule has 8 heteroatoms. The number of imide groups is 1. The summed E-state index contributed by atoms with van der Waals surface area (Å²) >= 11 is 9.35. The minimum atomic E-state index is -0.538. The first-order valence-corrected chi connectivity index (χ1v) is 10.8. The number of carbonyl (C=O) groups excluding carboxylic acids is 2. The average molecular weight is 516 g/mol. The van der Waals surface area contributed by atoms with E-state index >= 15 is 0 Å². The van der Waals surface area contributed by atoms with E-state index in [4.69, 9.17) is 16.3 Å². The molecule has 3 aromatic rings. The SMILES string of the molecule is O=C1N/C(=C/c2cc(Br)ccc2OCc2ccc(Cl)cc2)C(=O)N1Cc1ccc(F)cc1. The van der Waals surface area contributed by atoms with Crippen molar-refractivity contribution in [2.45, 2.75) is 13.2 Å². The van der Waals surface area contributed by atoms with E-state index in [2.05, 4.69) is 21.2 Å². The number of nitrogens with zero attached hydrogens (tertiary/aromatic N) is 1. The van der Waals surface area contributed by atoms with Gasteiger partial charge in [0.15, 0.2) is 0 Å². The van der Waals surface area contributed by atoms with Crippen LogP contribution in [0.25, 0.3) is 6.08 Å². The largest absolute Gasteiger partial charge is 0.488 e. The minimum absolute atomic E-state index is 0.0424. The van der Waals surface area contributed by atoms with Crippen LogP contribution in [-0.2, 0) is 17.9 Å². The molecule has 0 atom stereocenters. The number of urea groups is 1. The number of amides is 3. The summed E-state index contributed by atoms with van der Waals surface area (Å²) in [6, 6.07) is 17.8. The fourth-order valence-electron chi connectivity index (χ4n) is 3.15. The van der Waals surface area contributed by atoms with Crippen molar-refractivity contribution >= 4 is 45.5 Å². The molecule has 162 valence electrons. The summed E-state index contributed by atoms with van der Waals surface area (Å²) in [5.74, 6) is -0.301. The Kier molecular flexibility index (Phi) is 6.58. The van der Waals surface area contributed by atoms with Crippen LogP contribution in [0.5, 0.6) is 5.75 Å². The quantitative estimate of drug-likeness (QED) is 0.328. The molecule has 0 bridgehead atoms. The predicted molar refractivity (Wildman–Crippen MR) is 123 cm³/mol. The Morgan fingerprint density at radius 3 is 2.41 bits per heavy atom. The first-order chi connectivity index (χ1) is 15.4. The summed E-state index contributed by atoms with van der Waals surface area (Å²) in [5.41, 5.74) is 2.34. The van der Waals surface area contributed by atoms with Gasteiger partial charge in [0.2, 0.25) is 0 Å². The summed E-state index contributed by atoms with van der Waals surface area (Å²) < 4.78 is 19.9. The van der Waals surface area contributed by atoms with Crippen LogP contribution in [0.4, 0.5) is 9.18 Å². The van der Waals surface area contributed by atoms with Crippen molar-refractivity contribution in [3.05, 3.63) is 104 Å². The summed E-state index contributed by atoms with van der Waals surface area (Å²) in [5, 5.41) is 3.24. The average Bonchev–Trinajstić information content (AvgIpc) is 3.03. The van der Waals surface area contributed by atoms with Crippen molar-refractivity contribution in [1.29, 1.82) is 0 Å². The Morgan fingerprint density at radius 1 is 1.00 bits per heavy atom. The van der Waals surface area contributed by atoms with Gasteiger partial charge in [0.05, 0.1) is 6.54 Å². The molecular formula is C24H17BrClFN2O3. The normalized spacial score (nSPS) is 14.7. The van der Waals surface area contributed by atoms with E-state index in [0.29, 0.717) is 28.5 Å². The molecule has 0 aromatic heterocycles. The number of hydrogen-bond acceptors (Lipinski definition) is 3. The second-order valence-electron chi connectivity index (χ2n) is 7.10. The summed E-state index contributed by atoms with van der Waals surface area (Å²) in [6.07, 6.45) is 1.58. The van der Waals surface area contributed by atoms with Gasteiger partial charge in [-0.15, -0.1) is 0 Å². The molecule has 5 nitrogen and oxygen atoms in total. The molecule has 3 amide bonds. The molecule has 3 aromatic carbocycles. The number of benzene rings is 3. The zero-order chi connectivity index (χ0) is 22.7. The Hall–Kier alpha value is -3.16. The highest BCUT2D eigenvalue weighted by atomic mass is 79.9. The van der Waals surface area contributed by atoms with E-state index in [1.807, 2.05) is 18.2 Å². The fourth-order valence-corrected chi connectivity index (χ4v) is 3.65. The van der Waals surface area contributed by atoms with Crippen LogP contribution in [0, 0.1) is 5.82 Å². The third-order valence-electron chi connectivity index (χ3n) is 4.80. The lowest BCUT2D eigenvalue weighted by Crippen LogP contribution is -2.30. The van der Waals surface area contributed by atoms with Crippen LogP contribution in [-0.4, -0.2) is 16.8 Å². The molecule has 1 heterocycles. The third kappa shape index (κ3) is 5.18. The highest BCUT2D eigenvalue weighted by Gasteiger charge is 2.33. The van der Waals surface area contributed by atoms with Gasteiger partial charge in [0.25, 0.3) is 5.91 Å². The lowest BCUT2D eigenvalue weighted by Gasteiger charge is -2.12. The highest BCUT2D eigenvalue weighted by Crippen LogP contribution is 2.28. The second-order valence-corrected chi connectivity index (χ2v) is 8.46. The topological polar surface area (TPSA) is 58.6 Å². The lowest BCUT2D eigenvalue weighted by molar-refractivity contribution is -0.123. The van der Waals surface area contributed by atoms with Gasteiger partial charge in [-0.05, 0) is 59.7 Å². The van der Waals surface area contributed by atoms with Crippen LogP contribution in [0.15, 0.2) is 76.9 Å². The standard InChI is InChI=1S/C24H17BrClFN2O3/c25-18-5-10-22(32-14-16-1-6-19(26)7-2-16)17(11-18)12-21-23(30)29(24(31)28-21)13-15-3-8-20(27)9-4-15/h1-12H,13-14H2,(H,28,31)/b21-12+. The monoisotopic (exact) mass is 514 g/mol. The Balaban J connectivity index is 1.54. The van der Waals surface area contributed by atoms with Crippen molar-refractivity contribution in [3.8, 4) is 5.75 Å². The maximum atomic E-state index is 13.1. The Labute approximate surface area is 197 Å². The number of nitrogens with one attached hydrogen (secondary N) is 1. The summed E-state index contributed by atoms with van der Waals surface area (Å²) in [7, 11) is 0. The van der Waals surface area contributed by atoms with E-state index < -0.39 is 11.9 Å². The molecule has 0 aliphatic carbocycles. The van der Waals surface area contributed by atoms with E-state index in [0.717, 1.165) is 14.9 Å². The van der Waals surface area contributed by atoms with Crippen LogP contribution < -0.4 is 10.1 Å².